The Morgan fingerprint density at radius 3 is 2.78 bits per heavy atom. The van der Waals surface area contributed by atoms with E-state index in [0.29, 0.717) is 18.5 Å². The van der Waals surface area contributed by atoms with Crippen LogP contribution in [0.25, 0.3) is 0 Å². The third-order valence-electron chi connectivity index (χ3n) is 5.34. The minimum Gasteiger partial charge on any atom is -0.364 e. The van der Waals surface area contributed by atoms with Crippen LogP contribution in [0.4, 0.5) is 5.82 Å². The molecular weight excluding hydrogens is 288 g/mol. The van der Waals surface area contributed by atoms with Gasteiger partial charge < -0.3 is 5.32 Å². The molecule has 0 spiro atoms. The molecule has 2 aromatic heterocycles. The van der Waals surface area contributed by atoms with Gasteiger partial charge in [-0.2, -0.15) is 0 Å². The van der Waals surface area contributed by atoms with E-state index in [-0.39, 0.29) is 0 Å². The lowest BCUT2D eigenvalue weighted by Gasteiger charge is -2.24. The van der Waals surface area contributed by atoms with Crippen molar-refractivity contribution in [2.75, 3.05) is 5.32 Å². The second kappa shape index (κ2) is 5.28. The van der Waals surface area contributed by atoms with Gasteiger partial charge >= 0.3 is 0 Å². The lowest BCUT2D eigenvalue weighted by atomic mass is 9.93. The lowest BCUT2D eigenvalue weighted by Crippen LogP contribution is -2.17. The first-order chi connectivity index (χ1) is 11.4. The molecule has 23 heavy (non-hydrogen) atoms. The summed E-state index contributed by atoms with van der Waals surface area (Å²) in [5.74, 6) is 2.68. The Balaban J connectivity index is 1.34. The lowest BCUT2D eigenvalue weighted by molar-refractivity contribution is 0.284. The van der Waals surface area contributed by atoms with Crippen LogP contribution in [0.15, 0.2) is 6.20 Å². The third-order valence-corrected chi connectivity index (χ3v) is 5.34. The first-order valence-corrected chi connectivity index (χ1v) is 8.91. The number of nitrogens with one attached hydrogen (secondary N) is 1. The monoisotopic (exact) mass is 310 g/mol. The van der Waals surface area contributed by atoms with Crippen LogP contribution in [0.1, 0.15) is 73.3 Å². The highest BCUT2D eigenvalue weighted by molar-refractivity contribution is 5.49. The maximum absolute atomic E-state index is 4.81. The van der Waals surface area contributed by atoms with E-state index in [1.807, 2.05) is 4.68 Å². The standard InChI is InChI=1S/C17H22N6/c1-3-13(4-1)23-10-12(21-22-23)9-18-17-14-5-2-6-15(14)19-16(20-17)11-7-8-11/h10-11,13H,1-9H2,(H,18,19,20). The number of hydrogen-bond acceptors (Lipinski definition) is 5. The zero-order chi connectivity index (χ0) is 15.2. The second-order valence-corrected chi connectivity index (χ2v) is 7.11. The number of aromatic nitrogens is 5. The zero-order valence-electron chi connectivity index (χ0n) is 13.3. The Kier molecular flexibility index (Phi) is 3.09. The summed E-state index contributed by atoms with van der Waals surface area (Å²) in [6.07, 6.45) is 11.8. The van der Waals surface area contributed by atoms with E-state index in [2.05, 4.69) is 21.8 Å². The molecule has 3 aliphatic rings. The predicted octanol–water partition coefficient (Wildman–Crippen LogP) is 2.77. The van der Waals surface area contributed by atoms with Gasteiger partial charge in [0.25, 0.3) is 0 Å². The van der Waals surface area contributed by atoms with E-state index >= 15 is 0 Å². The smallest absolute Gasteiger partial charge is 0.134 e. The average molecular weight is 310 g/mol. The molecule has 0 aliphatic heterocycles. The van der Waals surface area contributed by atoms with Crippen LogP contribution in [-0.4, -0.2) is 25.0 Å². The van der Waals surface area contributed by atoms with Crippen LogP contribution in [0.2, 0.25) is 0 Å². The SMILES string of the molecule is c1c(CNc2nc(C3CC3)nc3c2CCC3)nnn1C1CCC1. The van der Waals surface area contributed by atoms with Crippen molar-refractivity contribution >= 4 is 5.82 Å². The highest BCUT2D eigenvalue weighted by Gasteiger charge is 2.29. The normalized spacial score (nSPS) is 20.3. The van der Waals surface area contributed by atoms with Crippen molar-refractivity contribution in [3.8, 4) is 0 Å². The van der Waals surface area contributed by atoms with Gasteiger partial charge in [-0.3, -0.25) is 0 Å². The van der Waals surface area contributed by atoms with E-state index in [1.54, 1.807) is 0 Å². The first kappa shape index (κ1) is 13.5. The number of nitrogens with zero attached hydrogens (tertiary/aromatic N) is 5. The fourth-order valence-corrected chi connectivity index (χ4v) is 3.52. The fraction of sp³-hybridized carbons (Fsp3) is 0.647. The number of anilines is 1. The Hall–Kier alpha value is -1.98. The molecular formula is C17H22N6. The number of rotatable bonds is 5. The topological polar surface area (TPSA) is 68.5 Å². The van der Waals surface area contributed by atoms with Crippen LogP contribution in [0.5, 0.6) is 0 Å². The first-order valence-electron chi connectivity index (χ1n) is 8.91. The average Bonchev–Trinajstić information content (AvgIpc) is 3.07. The van der Waals surface area contributed by atoms with Gasteiger partial charge in [-0.25, -0.2) is 14.6 Å². The Bertz CT molecular complexity index is 729. The molecule has 0 bridgehead atoms. The van der Waals surface area contributed by atoms with E-state index in [0.717, 1.165) is 30.2 Å². The van der Waals surface area contributed by atoms with Gasteiger partial charge in [-0.15, -0.1) is 5.10 Å². The summed E-state index contributed by atoms with van der Waals surface area (Å²) in [6, 6.07) is 0.570. The van der Waals surface area contributed by atoms with Crippen LogP contribution in [0, 0.1) is 0 Å². The van der Waals surface area contributed by atoms with Crippen LogP contribution in [-0.2, 0) is 19.4 Å². The summed E-state index contributed by atoms with van der Waals surface area (Å²) in [5, 5.41) is 12.1. The molecule has 6 heteroatoms. The molecule has 1 N–H and O–H groups in total. The minimum atomic E-state index is 0.570. The molecule has 3 aliphatic carbocycles. The Labute approximate surface area is 135 Å². The van der Waals surface area contributed by atoms with Crippen molar-refractivity contribution in [1.82, 2.24) is 25.0 Å². The minimum absolute atomic E-state index is 0.570. The summed E-state index contributed by atoms with van der Waals surface area (Å²) < 4.78 is 2.03. The van der Waals surface area contributed by atoms with Crippen LogP contribution in [0.3, 0.4) is 0 Å². The highest BCUT2D eigenvalue weighted by Crippen LogP contribution is 2.40. The number of hydrogen-bond donors (Lipinski definition) is 1. The second-order valence-electron chi connectivity index (χ2n) is 7.11. The van der Waals surface area contributed by atoms with E-state index in [4.69, 9.17) is 9.97 Å². The van der Waals surface area contributed by atoms with Crippen LogP contribution >= 0.6 is 0 Å². The summed E-state index contributed by atoms with van der Waals surface area (Å²) in [7, 11) is 0. The van der Waals surface area contributed by atoms with E-state index < -0.39 is 0 Å². The van der Waals surface area contributed by atoms with Gasteiger partial charge in [-0.05, 0) is 51.4 Å². The molecule has 0 aromatic carbocycles. The largest absolute Gasteiger partial charge is 0.364 e. The molecule has 2 saturated carbocycles. The van der Waals surface area contributed by atoms with Gasteiger partial charge in [-0.1, -0.05) is 5.21 Å². The molecule has 0 unspecified atom stereocenters. The highest BCUT2D eigenvalue weighted by atomic mass is 15.4. The predicted molar refractivity (Wildman–Crippen MR) is 86.3 cm³/mol. The van der Waals surface area contributed by atoms with Crippen molar-refractivity contribution in [1.29, 1.82) is 0 Å². The molecule has 2 heterocycles. The molecule has 120 valence electrons. The Morgan fingerprint density at radius 2 is 2.00 bits per heavy atom. The number of aryl methyl sites for hydroxylation is 1. The number of fused-ring (bicyclic) bond motifs is 1. The summed E-state index contributed by atoms with van der Waals surface area (Å²) in [4.78, 5) is 9.61. The molecule has 0 saturated heterocycles. The molecule has 5 rings (SSSR count). The maximum atomic E-state index is 4.81. The van der Waals surface area contributed by atoms with Crippen molar-refractivity contribution in [2.45, 2.75) is 69.9 Å². The third kappa shape index (κ3) is 2.50. The van der Waals surface area contributed by atoms with E-state index in [1.165, 1.54) is 49.8 Å². The van der Waals surface area contributed by atoms with Gasteiger partial charge in [0.05, 0.1) is 18.8 Å². The Morgan fingerprint density at radius 1 is 1.09 bits per heavy atom. The summed E-state index contributed by atoms with van der Waals surface area (Å²) in [5.41, 5.74) is 3.58. The van der Waals surface area contributed by atoms with Crippen molar-refractivity contribution in [3.63, 3.8) is 0 Å². The van der Waals surface area contributed by atoms with Gasteiger partial charge in [0.2, 0.25) is 0 Å². The summed E-state index contributed by atoms with van der Waals surface area (Å²) in [6.45, 7) is 0.695. The van der Waals surface area contributed by atoms with E-state index in [9.17, 15) is 0 Å². The quantitative estimate of drug-likeness (QED) is 0.919. The molecule has 0 radical (unpaired) electrons. The molecule has 2 aromatic rings. The zero-order valence-corrected chi connectivity index (χ0v) is 13.3. The molecule has 2 fully saturated rings. The van der Waals surface area contributed by atoms with Gasteiger partial charge in [0.1, 0.15) is 17.3 Å². The molecule has 0 amide bonds. The van der Waals surface area contributed by atoms with Crippen LogP contribution < -0.4 is 5.32 Å². The molecule has 6 nitrogen and oxygen atoms in total. The van der Waals surface area contributed by atoms with Gasteiger partial charge in [0.15, 0.2) is 0 Å². The molecule has 0 atom stereocenters. The van der Waals surface area contributed by atoms with Gasteiger partial charge in [0, 0.05) is 17.2 Å². The van der Waals surface area contributed by atoms with Crippen molar-refractivity contribution in [3.05, 3.63) is 29.0 Å². The fourth-order valence-electron chi connectivity index (χ4n) is 3.52. The summed E-state index contributed by atoms with van der Waals surface area (Å²) >= 11 is 0. The maximum Gasteiger partial charge on any atom is 0.134 e. The van der Waals surface area contributed by atoms with Crippen molar-refractivity contribution in [2.24, 2.45) is 0 Å². The van der Waals surface area contributed by atoms with Crippen molar-refractivity contribution < 1.29 is 0 Å².